The highest BCUT2D eigenvalue weighted by Gasteiger charge is 2.60. The molecule has 0 N–H and O–H groups in total. The number of benzene rings is 2. The lowest BCUT2D eigenvalue weighted by atomic mass is 9.84. The Morgan fingerprint density at radius 2 is 1.81 bits per heavy atom. The van der Waals surface area contributed by atoms with Crippen LogP contribution >= 0.6 is 0 Å². The van der Waals surface area contributed by atoms with Crippen molar-refractivity contribution in [3.63, 3.8) is 0 Å². The molecule has 2 aliphatic rings. The van der Waals surface area contributed by atoms with E-state index in [0.29, 0.717) is 29.6 Å². The quantitative estimate of drug-likeness (QED) is 0.266. The summed E-state index contributed by atoms with van der Waals surface area (Å²) in [5.74, 6) is -1.27. The number of nitrogens with zero attached hydrogens (tertiary/aromatic N) is 3. The predicted molar refractivity (Wildman–Crippen MR) is 136 cm³/mol. The Balaban J connectivity index is 1.37. The summed E-state index contributed by atoms with van der Waals surface area (Å²) in [6.45, 7) is 5.64. The Morgan fingerprint density at radius 3 is 2.43 bits per heavy atom. The minimum atomic E-state index is -0.721. The van der Waals surface area contributed by atoms with E-state index in [4.69, 9.17) is 4.74 Å². The lowest BCUT2D eigenvalue weighted by Gasteiger charge is -2.24. The van der Waals surface area contributed by atoms with Crippen molar-refractivity contribution in [1.82, 2.24) is 4.98 Å². The van der Waals surface area contributed by atoms with Crippen LogP contribution < -0.4 is 4.90 Å². The second-order valence-electron chi connectivity index (χ2n) is 9.91. The summed E-state index contributed by atoms with van der Waals surface area (Å²) in [5, 5.41) is 3.35. The standard InChI is InChI=1S/C29H29F2N3O3/c1-3-37-29(35)28-24-15-34(16-25(24)28)21-7-4-18(5-8-21)23(22-9-6-20(30)13-26(22)31)14-27(33-36)19-10-11-32-17(2)12-19/h4-13,23-25,27-28H,3,14-16H2,1-2H3/t23?,24-,25+,27?,28?. The van der Waals surface area contributed by atoms with E-state index in [2.05, 4.69) is 15.1 Å². The van der Waals surface area contributed by atoms with Gasteiger partial charge in [-0.25, -0.2) is 8.78 Å². The van der Waals surface area contributed by atoms with E-state index in [1.165, 1.54) is 12.1 Å². The van der Waals surface area contributed by atoms with Crippen molar-refractivity contribution in [3.05, 3.63) is 99.7 Å². The molecule has 192 valence electrons. The average molecular weight is 506 g/mol. The molecule has 3 unspecified atom stereocenters. The summed E-state index contributed by atoms with van der Waals surface area (Å²) in [4.78, 5) is 30.4. The van der Waals surface area contributed by atoms with Crippen molar-refractivity contribution < 1.29 is 18.3 Å². The number of halogens is 2. The highest BCUT2D eigenvalue weighted by Crippen LogP contribution is 2.53. The number of hydrogen-bond acceptors (Lipinski definition) is 6. The van der Waals surface area contributed by atoms with Crippen molar-refractivity contribution in [3.8, 4) is 0 Å². The number of aromatic nitrogens is 1. The number of piperidine rings is 1. The smallest absolute Gasteiger partial charge is 0.309 e. The van der Waals surface area contributed by atoms with Crippen molar-refractivity contribution in [2.45, 2.75) is 32.2 Å². The zero-order valence-electron chi connectivity index (χ0n) is 20.8. The zero-order valence-corrected chi connectivity index (χ0v) is 20.8. The number of nitroso groups, excluding NO2 is 1. The van der Waals surface area contributed by atoms with Crippen molar-refractivity contribution >= 4 is 11.7 Å². The molecule has 2 fully saturated rings. The van der Waals surface area contributed by atoms with E-state index in [-0.39, 0.29) is 18.3 Å². The fraction of sp³-hybridized carbons (Fsp3) is 0.379. The molecule has 37 heavy (non-hydrogen) atoms. The van der Waals surface area contributed by atoms with Crippen molar-refractivity contribution in [1.29, 1.82) is 0 Å². The molecule has 6 nitrogen and oxygen atoms in total. The van der Waals surface area contributed by atoms with Gasteiger partial charge in [0.1, 0.15) is 17.7 Å². The molecule has 1 aliphatic heterocycles. The van der Waals surface area contributed by atoms with E-state index in [9.17, 15) is 18.5 Å². The monoisotopic (exact) mass is 505 g/mol. The van der Waals surface area contributed by atoms with Gasteiger partial charge >= 0.3 is 5.97 Å². The summed E-state index contributed by atoms with van der Waals surface area (Å²) in [7, 11) is 0. The molecule has 5 rings (SSSR count). The fourth-order valence-electron chi connectivity index (χ4n) is 5.71. The zero-order chi connectivity index (χ0) is 26.1. The van der Waals surface area contributed by atoms with Gasteiger partial charge in [-0.2, -0.15) is 4.91 Å². The average Bonchev–Trinajstić information content (AvgIpc) is 3.39. The Morgan fingerprint density at radius 1 is 1.08 bits per heavy atom. The molecule has 1 aromatic heterocycles. The van der Waals surface area contributed by atoms with Gasteiger partial charge in [0.05, 0.1) is 12.5 Å². The molecule has 1 aliphatic carbocycles. The first-order chi connectivity index (χ1) is 17.9. The van der Waals surface area contributed by atoms with Crippen LogP contribution in [0.5, 0.6) is 0 Å². The van der Waals surface area contributed by atoms with Crippen LogP contribution in [-0.2, 0) is 9.53 Å². The highest BCUT2D eigenvalue weighted by molar-refractivity contribution is 5.77. The lowest BCUT2D eigenvalue weighted by Crippen LogP contribution is -2.26. The van der Waals surface area contributed by atoms with Crippen LogP contribution in [-0.4, -0.2) is 30.6 Å². The van der Waals surface area contributed by atoms with Crippen LogP contribution in [0.3, 0.4) is 0 Å². The van der Waals surface area contributed by atoms with Gasteiger partial charge < -0.3 is 9.64 Å². The van der Waals surface area contributed by atoms with E-state index >= 15 is 0 Å². The maximum Gasteiger partial charge on any atom is 0.309 e. The minimum absolute atomic E-state index is 0.00547. The minimum Gasteiger partial charge on any atom is -0.466 e. The Hall–Kier alpha value is -3.68. The number of pyridine rings is 1. The third-order valence-corrected chi connectivity index (χ3v) is 7.64. The first-order valence-corrected chi connectivity index (χ1v) is 12.6. The first-order valence-electron chi connectivity index (χ1n) is 12.6. The Labute approximate surface area is 214 Å². The third-order valence-electron chi connectivity index (χ3n) is 7.64. The second kappa shape index (κ2) is 10.4. The predicted octanol–water partition coefficient (Wildman–Crippen LogP) is 5.94. The molecule has 2 aromatic carbocycles. The van der Waals surface area contributed by atoms with Gasteiger partial charge in [0.15, 0.2) is 0 Å². The number of ether oxygens (including phenoxy) is 1. The summed E-state index contributed by atoms with van der Waals surface area (Å²) in [6, 6.07) is 14.2. The molecular weight excluding hydrogens is 476 g/mol. The maximum atomic E-state index is 14.9. The number of carbonyl (C=O) groups is 1. The summed E-state index contributed by atoms with van der Waals surface area (Å²) in [6.07, 6.45) is 1.85. The number of hydrogen-bond donors (Lipinski definition) is 0. The number of aryl methyl sites for hydroxylation is 1. The normalized spacial score (nSPS) is 21.7. The largest absolute Gasteiger partial charge is 0.466 e. The van der Waals surface area contributed by atoms with Crippen molar-refractivity contribution in [2.75, 3.05) is 24.6 Å². The summed E-state index contributed by atoms with van der Waals surface area (Å²) >= 11 is 0. The molecule has 0 spiro atoms. The van der Waals surface area contributed by atoms with Gasteiger partial charge in [0.2, 0.25) is 0 Å². The van der Waals surface area contributed by atoms with Gasteiger partial charge in [0.25, 0.3) is 0 Å². The van der Waals surface area contributed by atoms with Crippen LogP contribution in [0.25, 0.3) is 0 Å². The second-order valence-corrected chi connectivity index (χ2v) is 9.91. The lowest BCUT2D eigenvalue weighted by molar-refractivity contribution is -0.145. The highest BCUT2D eigenvalue weighted by atomic mass is 19.1. The SMILES string of the molecule is CCOC(=O)C1[C@H]2CN(c3ccc(C(CC(N=O)c4ccnc(C)c4)c4ccc(F)cc4F)cc3)C[C@@H]12. The number of anilines is 1. The van der Waals surface area contributed by atoms with E-state index < -0.39 is 23.6 Å². The molecule has 3 aromatic rings. The van der Waals surface area contributed by atoms with Crippen LogP contribution in [0.1, 0.15) is 47.7 Å². The van der Waals surface area contributed by atoms with E-state index in [1.807, 2.05) is 38.1 Å². The molecule has 1 saturated carbocycles. The van der Waals surface area contributed by atoms with E-state index in [1.54, 1.807) is 18.3 Å². The molecule has 8 heteroatoms. The maximum absolute atomic E-state index is 14.9. The van der Waals surface area contributed by atoms with Gasteiger partial charge in [-0.3, -0.25) is 9.78 Å². The van der Waals surface area contributed by atoms with Crippen LogP contribution in [0.4, 0.5) is 14.5 Å². The molecule has 0 bridgehead atoms. The topological polar surface area (TPSA) is 71.9 Å². The summed E-state index contributed by atoms with van der Waals surface area (Å²) in [5.41, 5.74) is 3.61. The van der Waals surface area contributed by atoms with Gasteiger partial charge in [0, 0.05) is 42.7 Å². The molecule has 0 radical (unpaired) electrons. The molecule has 2 heterocycles. The van der Waals surface area contributed by atoms with Crippen LogP contribution in [0, 0.1) is 41.2 Å². The first kappa shape index (κ1) is 25.0. The number of carbonyl (C=O) groups excluding carboxylic acids is 1. The number of esters is 1. The van der Waals surface area contributed by atoms with Crippen LogP contribution in [0.15, 0.2) is 66.0 Å². The van der Waals surface area contributed by atoms with Gasteiger partial charge in [-0.05, 0) is 79.1 Å². The number of fused-ring (bicyclic) bond motifs is 1. The molecule has 1 saturated heterocycles. The Kier molecular flexibility index (Phi) is 7.00. The van der Waals surface area contributed by atoms with Crippen LogP contribution in [0.2, 0.25) is 0 Å². The summed E-state index contributed by atoms with van der Waals surface area (Å²) < 4.78 is 33.8. The third kappa shape index (κ3) is 5.10. The number of rotatable bonds is 9. The van der Waals surface area contributed by atoms with Crippen molar-refractivity contribution in [2.24, 2.45) is 22.9 Å². The van der Waals surface area contributed by atoms with Gasteiger partial charge in [-0.15, -0.1) is 0 Å². The molecular formula is C29H29F2N3O3. The fourth-order valence-corrected chi connectivity index (χ4v) is 5.71. The van der Waals surface area contributed by atoms with Gasteiger partial charge in [-0.1, -0.05) is 23.4 Å². The Bertz CT molecular complexity index is 1290. The molecule has 5 atom stereocenters. The molecule has 0 amide bonds. The van der Waals surface area contributed by atoms with E-state index in [0.717, 1.165) is 36.1 Å².